The molecule has 1 saturated heterocycles. The van der Waals surface area contributed by atoms with Gasteiger partial charge in [-0.25, -0.2) is 14.0 Å². The van der Waals surface area contributed by atoms with E-state index < -0.39 is 48.8 Å². The summed E-state index contributed by atoms with van der Waals surface area (Å²) in [5, 5.41) is 12.1. The molecule has 1 aliphatic rings. The number of nitrogens with zero attached hydrogens (tertiary/aromatic N) is 2. The third kappa shape index (κ3) is 4.81. The van der Waals surface area contributed by atoms with Crippen LogP contribution in [0, 0.1) is 0 Å². The number of hydrogen-bond acceptors (Lipinski definition) is 7. The Bertz CT molecular complexity index is 1190. The second-order valence-corrected chi connectivity index (χ2v) is 7.25. The zero-order chi connectivity index (χ0) is 23.4. The first kappa shape index (κ1) is 22.3. The van der Waals surface area contributed by atoms with E-state index >= 15 is 4.39 Å². The summed E-state index contributed by atoms with van der Waals surface area (Å²) in [7, 11) is 0. The number of carbonyl (C=O) groups excluding carboxylic acids is 2. The number of ether oxygens (including phenoxy) is 2. The fraction of sp³-hybridized carbons (Fsp3) is 0.217. The van der Waals surface area contributed by atoms with Crippen LogP contribution in [-0.4, -0.2) is 51.5 Å². The van der Waals surface area contributed by atoms with Gasteiger partial charge < -0.3 is 19.9 Å². The van der Waals surface area contributed by atoms with Gasteiger partial charge in [0.2, 0.25) is 0 Å². The van der Waals surface area contributed by atoms with Crippen LogP contribution in [0.15, 0.2) is 77.7 Å². The van der Waals surface area contributed by atoms with E-state index in [9.17, 15) is 19.5 Å². The van der Waals surface area contributed by atoms with Crippen molar-refractivity contribution >= 4 is 17.7 Å². The van der Waals surface area contributed by atoms with Crippen LogP contribution in [0.1, 0.15) is 26.9 Å². The summed E-state index contributed by atoms with van der Waals surface area (Å²) < 4.78 is 26.8. The predicted octanol–water partition coefficient (Wildman–Crippen LogP) is 1.95. The molecule has 2 N–H and O–H groups in total. The molecule has 0 spiro atoms. The summed E-state index contributed by atoms with van der Waals surface area (Å²) in [6.45, 7) is -0.628. The number of aliphatic hydroxyl groups excluding tert-OH is 1. The van der Waals surface area contributed by atoms with Gasteiger partial charge in [0.15, 0.2) is 18.5 Å². The van der Waals surface area contributed by atoms with Gasteiger partial charge in [0, 0.05) is 11.8 Å². The van der Waals surface area contributed by atoms with E-state index in [2.05, 4.69) is 10.3 Å². The minimum Gasteiger partial charge on any atom is -0.453 e. The Kier molecular flexibility index (Phi) is 6.57. The second-order valence-electron chi connectivity index (χ2n) is 7.25. The number of amides is 1. The highest BCUT2D eigenvalue weighted by atomic mass is 19.1. The number of nitrogens with one attached hydrogen (secondary N) is 1. The molecule has 2 heterocycles. The van der Waals surface area contributed by atoms with E-state index in [1.807, 2.05) is 0 Å². The maximum atomic E-state index is 15.2. The van der Waals surface area contributed by atoms with Crippen molar-refractivity contribution in [1.82, 2.24) is 9.55 Å². The zero-order valence-corrected chi connectivity index (χ0v) is 17.2. The monoisotopic (exact) mass is 453 g/mol. The molecule has 170 valence electrons. The quantitative estimate of drug-likeness (QED) is 0.548. The molecule has 1 unspecified atom stereocenters. The molecule has 0 aliphatic carbocycles. The van der Waals surface area contributed by atoms with E-state index in [1.54, 1.807) is 48.5 Å². The van der Waals surface area contributed by atoms with Gasteiger partial charge >= 0.3 is 11.7 Å². The van der Waals surface area contributed by atoms with E-state index in [4.69, 9.17) is 9.47 Å². The van der Waals surface area contributed by atoms with E-state index in [1.165, 1.54) is 24.4 Å². The lowest BCUT2D eigenvalue weighted by molar-refractivity contribution is -0.0533. The standard InChI is InChI=1S/C23H20FN3O6/c24-18-19(33-22(30)15-9-5-2-6-10-15)16(13-28)32-21(18)27-12-11-17(26-23(27)31)25-20(29)14-7-3-1-4-8-14/h1-12,16,18-19,21,28H,13H2,(H,25,26,29,31)/t16-,18+,19?,21-/m1/s1. The van der Waals surface area contributed by atoms with Crippen LogP contribution in [0.5, 0.6) is 0 Å². The van der Waals surface area contributed by atoms with E-state index in [-0.39, 0.29) is 11.4 Å². The van der Waals surface area contributed by atoms with Crippen molar-refractivity contribution in [3.63, 3.8) is 0 Å². The molecule has 0 bridgehead atoms. The Labute approximate surface area is 187 Å². The lowest BCUT2D eigenvalue weighted by atomic mass is 10.1. The number of aromatic nitrogens is 2. The van der Waals surface area contributed by atoms with Crippen LogP contribution in [0.25, 0.3) is 0 Å². The highest BCUT2D eigenvalue weighted by molar-refractivity contribution is 6.03. The summed E-state index contributed by atoms with van der Waals surface area (Å²) in [4.78, 5) is 40.9. The van der Waals surface area contributed by atoms with E-state index in [0.717, 1.165) is 4.57 Å². The van der Waals surface area contributed by atoms with Gasteiger partial charge in [-0.1, -0.05) is 36.4 Å². The van der Waals surface area contributed by atoms with Gasteiger partial charge in [-0.2, -0.15) is 4.98 Å². The van der Waals surface area contributed by atoms with Gasteiger partial charge in [-0.05, 0) is 30.3 Å². The smallest absolute Gasteiger partial charge is 0.351 e. The van der Waals surface area contributed by atoms with Gasteiger partial charge in [0.1, 0.15) is 11.9 Å². The van der Waals surface area contributed by atoms with Crippen molar-refractivity contribution in [1.29, 1.82) is 0 Å². The maximum absolute atomic E-state index is 15.2. The molecule has 3 aromatic rings. The van der Waals surface area contributed by atoms with Crippen LogP contribution >= 0.6 is 0 Å². The highest BCUT2D eigenvalue weighted by Gasteiger charge is 2.48. The van der Waals surface area contributed by atoms with Crippen LogP contribution in [0.2, 0.25) is 0 Å². The van der Waals surface area contributed by atoms with Crippen molar-refractivity contribution in [2.24, 2.45) is 0 Å². The Morgan fingerprint density at radius 1 is 1.06 bits per heavy atom. The minimum absolute atomic E-state index is 0.0238. The van der Waals surface area contributed by atoms with Crippen molar-refractivity contribution in [3.8, 4) is 0 Å². The highest BCUT2D eigenvalue weighted by Crippen LogP contribution is 2.33. The molecule has 0 radical (unpaired) electrons. The molecular weight excluding hydrogens is 433 g/mol. The Morgan fingerprint density at radius 2 is 1.70 bits per heavy atom. The molecule has 33 heavy (non-hydrogen) atoms. The molecule has 1 aromatic heterocycles. The summed E-state index contributed by atoms with van der Waals surface area (Å²) in [6.07, 6.45) is -4.82. The average molecular weight is 453 g/mol. The minimum atomic E-state index is -1.95. The predicted molar refractivity (Wildman–Crippen MR) is 114 cm³/mol. The largest absolute Gasteiger partial charge is 0.453 e. The van der Waals surface area contributed by atoms with Gasteiger partial charge in [0.25, 0.3) is 5.91 Å². The molecule has 10 heteroatoms. The lowest BCUT2D eigenvalue weighted by Gasteiger charge is -2.18. The third-order valence-electron chi connectivity index (χ3n) is 5.08. The molecule has 2 aromatic carbocycles. The fourth-order valence-corrected chi connectivity index (χ4v) is 3.43. The first-order valence-electron chi connectivity index (χ1n) is 10.1. The average Bonchev–Trinajstić information content (AvgIpc) is 3.15. The molecule has 1 aliphatic heterocycles. The zero-order valence-electron chi connectivity index (χ0n) is 17.2. The number of aliphatic hydroxyl groups is 1. The lowest BCUT2D eigenvalue weighted by Crippen LogP contribution is -2.37. The number of rotatable bonds is 6. The Morgan fingerprint density at radius 3 is 2.30 bits per heavy atom. The molecular formula is C23H20FN3O6. The Balaban J connectivity index is 1.49. The number of carbonyl (C=O) groups is 2. The normalized spacial score (nSPS) is 22.0. The van der Waals surface area contributed by atoms with Crippen molar-refractivity contribution in [2.75, 3.05) is 11.9 Å². The molecule has 4 rings (SSSR count). The molecule has 1 amide bonds. The molecule has 0 saturated carbocycles. The number of anilines is 1. The SMILES string of the molecule is O=C(Nc1ccn([C@@H]2O[C@H](CO)C(OC(=O)c3ccccc3)[C@@H]2F)c(=O)n1)c1ccccc1. The molecule has 4 atom stereocenters. The number of alkyl halides is 1. The number of hydrogen-bond donors (Lipinski definition) is 2. The van der Waals surface area contributed by atoms with E-state index in [0.29, 0.717) is 5.56 Å². The number of halogens is 1. The van der Waals surface area contributed by atoms with Gasteiger partial charge in [0.05, 0.1) is 12.2 Å². The summed E-state index contributed by atoms with van der Waals surface area (Å²) in [5.74, 6) is -1.27. The summed E-state index contributed by atoms with van der Waals surface area (Å²) >= 11 is 0. The maximum Gasteiger partial charge on any atom is 0.351 e. The summed E-state index contributed by atoms with van der Waals surface area (Å²) in [5.41, 5.74) is -0.303. The topological polar surface area (TPSA) is 120 Å². The van der Waals surface area contributed by atoms with Crippen molar-refractivity contribution < 1.29 is 28.6 Å². The van der Waals surface area contributed by atoms with Crippen molar-refractivity contribution in [3.05, 3.63) is 94.5 Å². The first-order valence-corrected chi connectivity index (χ1v) is 10.1. The van der Waals surface area contributed by atoms with Crippen LogP contribution in [-0.2, 0) is 9.47 Å². The van der Waals surface area contributed by atoms with Crippen LogP contribution in [0.4, 0.5) is 10.2 Å². The van der Waals surface area contributed by atoms with Crippen LogP contribution < -0.4 is 11.0 Å². The second kappa shape index (κ2) is 9.72. The first-order chi connectivity index (χ1) is 16.0. The number of esters is 1. The number of benzene rings is 2. The molecule has 9 nitrogen and oxygen atoms in total. The molecule has 1 fully saturated rings. The van der Waals surface area contributed by atoms with Gasteiger partial charge in [-0.3, -0.25) is 9.36 Å². The van der Waals surface area contributed by atoms with Crippen LogP contribution in [0.3, 0.4) is 0 Å². The van der Waals surface area contributed by atoms with Gasteiger partial charge in [-0.15, -0.1) is 0 Å². The Hall–Kier alpha value is -3.89. The third-order valence-corrected chi connectivity index (χ3v) is 5.08. The summed E-state index contributed by atoms with van der Waals surface area (Å²) in [6, 6.07) is 17.6. The fourth-order valence-electron chi connectivity index (χ4n) is 3.43. The van der Waals surface area contributed by atoms with Crippen molar-refractivity contribution in [2.45, 2.75) is 24.6 Å².